The zero-order valence-corrected chi connectivity index (χ0v) is 30.8. The molecule has 16 heteroatoms. The SMILES string of the molecule is CSc1nn(-c2ccccc2)c(-n2nc(C(=O)c3nnc4cc(-c5ccccc5)nn4c3N)sc2=NC(=O)c2ccccc2)c1-c1nc2ccccc2n1C. The summed E-state index contributed by atoms with van der Waals surface area (Å²) in [7, 11) is 1.93. The van der Waals surface area contributed by atoms with E-state index in [2.05, 4.69) is 20.3 Å². The Bertz CT molecular complexity index is 2980. The molecule has 5 heterocycles. The molecule has 0 spiro atoms. The summed E-state index contributed by atoms with van der Waals surface area (Å²) in [6.45, 7) is 0. The zero-order chi connectivity index (χ0) is 37.6. The van der Waals surface area contributed by atoms with Gasteiger partial charge in [0, 0.05) is 24.2 Å². The molecular weight excluding hydrogens is 733 g/mol. The fourth-order valence-corrected chi connectivity index (χ4v) is 7.62. The molecule has 9 rings (SSSR count). The maximum Gasteiger partial charge on any atom is 0.279 e. The summed E-state index contributed by atoms with van der Waals surface area (Å²) in [6, 6.07) is 37.3. The van der Waals surface area contributed by atoms with Crippen molar-refractivity contribution >= 4 is 57.3 Å². The van der Waals surface area contributed by atoms with Gasteiger partial charge in [0.25, 0.3) is 5.91 Å². The number of para-hydroxylation sites is 3. The van der Waals surface area contributed by atoms with Gasteiger partial charge in [-0.3, -0.25) is 9.59 Å². The molecule has 0 bridgehead atoms. The van der Waals surface area contributed by atoms with Crippen molar-refractivity contribution in [2.24, 2.45) is 12.0 Å². The minimum absolute atomic E-state index is 0.0165. The smallest absolute Gasteiger partial charge is 0.279 e. The van der Waals surface area contributed by atoms with Crippen LogP contribution in [0.3, 0.4) is 0 Å². The van der Waals surface area contributed by atoms with Crippen LogP contribution in [0.2, 0.25) is 0 Å². The molecule has 4 aromatic carbocycles. The second-order valence-corrected chi connectivity index (χ2v) is 14.0. The van der Waals surface area contributed by atoms with Crippen LogP contribution in [0.4, 0.5) is 5.82 Å². The first-order chi connectivity index (χ1) is 26.9. The second kappa shape index (κ2) is 13.7. The first-order valence-corrected chi connectivity index (χ1v) is 18.9. The summed E-state index contributed by atoms with van der Waals surface area (Å²) in [5, 5.41) is 23.6. The van der Waals surface area contributed by atoms with Crippen LogP contribution in [0.25, 0.3) is 50.8 Å². The van der Waals surface area contributed by atoms with Crippen molar-refractivity contribution in [3.8, 4) is 34.2 Å². The van der Waals surface area contributed by atoms with Crippen molar-refractivity contribution in [3.05, 3.63) is 142 Å². The molecule has 14 nitrogen and oxygen atoms in total. The number of aryl methyl sites for hydroxylation is 1. The van der Waals surface area contributed by atoms with Crippen LogP contribution in [-0.4, -0.2) is 66.9 Å². The van der Waals surface area contributed by atoms with Gasteiger partial charge in [-0.25, -0.2) is 9.67 Å². The van der Waals surface area contributed by atoms with Crippen molar-refractivity contribution in [3.63, 3.8) is 0 Å². The standard InChI is InChI=1S/C39H28N12O2S2/c1-48-28-21-13-12-20-26(28)41-34(48)30-36(54-2)46-49(25-18-10-5-11-19-25)38(30)51-39(42-35(53)24-16-8-4-9-17-24)55-37(47-51)32(52)31-33(40)50-29(43-44-31)22-27(45-50)23-14-6-3-7-15-23/h3-22H,40H2,1-2H3. The van der Waals surface area contributed by atoms with Gasteiger partial charge in [0.2, 0.25) is 10.6 Å². The lowest BCUT2D eigenvalue weighted by molar-refractivity contribution is 0.0996. The first kappa shape index (κ1) is 33.8. The molecule has 268 valence electrons. The summed E-state index contributed by atoms with van der Waals surface area (Å²) in [5.74, 6) is -0.154. The number of nitrogen functional groups attached to an aromatic ring is 1. The molecule has 0 radical (unpaired) electrons. The fraction of sp³-hybridized carbons (Fsp3) is 0.0513. The normalized spacial score (nSPS) is 11.9. The van der Waals surface area contributed by atoms with Crippen LogP contribution < -0.4 is 10.5 Å². The zero-order valence-electron chi connectivity index (χ0n) is 29.2. The largest absolute Gasteiger partial charge is 0.382 e. The molecule has 0 saturated heterocycles. The van der Waals surface area contributed by atoms with Crippen molar-refractivity contribution in [2.45, 2.75) is 5.03 Å². The number of fused-ring (bicyclic) bond motifs is 2. The highest BCUT2D eigenvalue weighted by atomic mass is 32.2. The van der Waals surface area contributed by atoms with Crippen LogP contribution in [0.5, 0.6) is 0 Å². The van der Waals surface area contributed by atoms with Gasteiger partial charge in [0.1, 0.15) is 10.9 Å². The Labute approximate surface area is 320 Å². The second-order valence-electron chi connectivity index (χ2n) is 12.3. The number of anilines is 1. The lowest BCUT2D eigenvalue weighted by Crippen LogP contribution is -2.21. The highest BCUT2D eigenvalue weighted by Crippen LogP contribution is 2.37. The van der Waals surface area contributed by atoms with E-state index in [1.165, 1.54) is 21.0 Å². The predicted octanol–water partition coefficient (Wildman–Crippen LogP) is 6.05. The van der Waals surface area contributed by atoms with Gasteiger partial charge in [0.05, 0.1) is 28.0 Å². The number of hydrogen-bond donors (Lipinski definition) is 1. The van der Waals surface area contributed by atoms with E-state index in [4.69, 9.17) is 20.9 Å². The lowest BCUT2D eigenvalue weighted by Gasteiger charge is -2.10. The average molecular weight is 761 g/mol. The van der Waals surface area contributed by atoms with E-state index in [0.29, 0.717) is 44.8 Å². The molecule has 55 heavy (non-hydrogen) atoms. The summed E-state index contributed by atoms with van der Waals surface area (Å²) in [4.78, 5) is 37.8. The number of carbonyl (C=O) groups is 2. The summed E-state index contributed by atoms with van der Waals surface area (Å²) in [6.07, 6.45) is 1.93. The van der Waals surface area contributed by atoms with Crippen LogP contribution in [-0.2, 0) is 7.05 Å². The van der Waals surface area contributed by atoms with E-state index in [0.717, 1.165) is 27.9 Å². The van der Waals surface area contributed by atoms with Gasteiger partial charge >= 0.3 is 0 Å². The fourth-order valence-electron chi connectivity index (χ4n) is 6.24. The third kappa shape index (κ3) is 5.89. The third-order valence-electron chi connectivity index (χ3n) is 8.91. The number of ketones is 1. The van der Waals surface area contributed by atoms with Gasteiger partial charge in [-0.15, -0.1) is 27.1 Å². The quantitative estimate of drug-likeness (QED) is 0.142. The summed E-state index contributed by atoms with van der Waals surface area (Å²) < 4.78 is 6.55. The summed E-state index contributed by atoms with van der Waals surface area (Å²) >= 11 is 2.35. The van der Waals surface area contributed by atoms with Crippen molar-refractivity contribution < 1.29 is 9.59 Å². The number of thioether (sulfide) groups is 1. The number of benzene rings is 4. The van der Waals surface area contributed by atoms with E-state index in [-0.39, 0.29) is 21.3 Å². The van der Waals surface area contributed by atoms with E-state index in [9.17, 15) is 9.59 Å². The molecule has 9 aromatic rings. The van der Waals surface area contributed by atoms with Gasteiger partial charge in [-0.1, -0.05) is 90.2 Å². The van der Waals surface area contributed by atoms with Crippen LogP contribution in [0.15, 0.2) is 131 Å². The van der Waals surface area contributed by atoms with Crippen molar-refractivity contribution in [1.29, 1.82) is 0 Å². The van der Waals surface area contributed by atoms with Crippen LogP contribution in [0, 0.1) is 0 Å². The average Bonchev–Trinajstić information content (AvgIpc) is 4.02. The Balaban J connectivity index is 1.28. The van der Waals surface area contributed by atoms with E-state index >= 15 is 0 Å². The minimum Gasteiger partial charge on any atom is -0.382 e. The molecule has 0 saturated carbocycles. The van der Waals surface area contributed by atoms with Crippen molar-refractivity contribution in [2.75, 3.05) is 12.0 Å². The van der Waals surface area contributed by atoms with Gasteiger partial charge < -0.3 is 10.3 Å². The number of nitrogens with two attached hydrogens (primary N) is 1. The summed E-state index contributed by atoms with van der Waals surface area (Å²) in [5.41, 5.74) is 11.6. The number of imidazole rings is 1. The molecule has 0 fully saturated rings. The van der Waals surface area contributed by atoms with Gasteiger partial charge in [-0.05, 0) is 42.7 Å². The first-order valence-electron chi connectivity index (χ1n) is 16.9. The van der Waals surface area contributed by atoms with Crippen molar-refractivity contribution in [1.82, 2.24) is 48.9 Å². The monoisotopic (exact) mass is 760 g/mol. The Morgan fingerprint density at radius 3 is 2.22 bits per heavy atom. The van der Waals surface area contributed by atoms with Gasteiger partial charge in [-0.2, -0.15) is 24.4 Å². The molecule has 5 aromatic heterocycles. The number of carbonyl (C=O) groups excluding carboxylic acids is 2. The third-order valence-corrected chi connectivity index (χ3v) is 10.5. The van der Waals surface area contributed by atoms with Crippen LogP contribution in [0.1, 0.15) is 25.9 Å². The van der Waals surface area contributed by atoms with E-state index < -0.39 is 11.7 Å². The number of rotatable bonds is 8. The lowest BCUT2D eigenvalue weighted by atomic mass is 10.2. The topological polar surface area (TPSA) is 169 Å². The van der Waals surface area contributed by atoms with E-state index in [1.54, 1.807) is 35.0 Å². The maximum atomic E-state index is 14.4. The highest BCUT2D eigenvalue weighted by Gasteiger charge is 2.30. The molecule has 0 aliphatic heterocycles. The Morgan fingerprint density at radius 2 is 1.49 bits per heavy atom. The Kier molecular flexibility index (Phi) is 8.44. The molecule has 0 aliphatic carbocycles. The Morgan fingerprint density at radius 1 is 0.800 bits per heavy atom. The molecule has 0 unspecified atom stereocenters. The maximum absolute atomic E-state index is 14.4. The number of nitrogens with zero attached hydrogens (tertiary/aromatic N) is 11. The molecule has 0 atom stereocenters. The Hall–Kier alpha value is -7.04. The molecule has 1 amide bonds. The predicted molar refractivity (Wildman–Crippen MR) is 210 cm³/mol. The highest BCUT2D eigenvalue weighted by molar-refractivity contribution is 7.98. The molecular formula is C39H28N12O2S2. The molecule has 0 aliphatic rings. The van der Waals surface area contributed by atoms with Gasteiger partial charge in [0.15, 0.2) is 28.0 Å². The number of amides is 1. The number of aromatic nitrogens is 10. The minimum atomic E-state index is -0.629. The van der Waals surface area contributed by atoms with Crippen LogP contribution >= 0.6 is 23.1 Å². The number of hydrogen-bond acceptors (Lipinski definition) is 11. The molecule has 2 N–H and O–H groups in total. The van der Waals surface area contributed by atoms with E-state index in [1.807, 2.05) is 109 Å².